The number of amides is 1. The van der Waals surface area contributed by atoms with Gasteiger partial charge in [0.15, 0.2) is 6.10 Å². The van der Waals surface area contributed by atoms with Crippen molar-refractivity contribution in [1.82, 2.24) is 4.98 Å². The molecule has 2 aromatic carbocycles. The summed E-state index contributed by atoms with van der Waals surface area (Å²) in [6, 6.07) is 9.43. The monoisotopic (exact) mass is 452 g/mol. The van der Waals surface area contributed by atoms with E-state index >= 15 is 0 Å². The second-order valence-corrected chi connectivity index (χ2v) is 6.59. The summed E-state index contributed by atoms with van der Waals surface area (Å²) < 4.78 is 56.1. The van der Waals surface area contributed by atoms with Crippen molar-refractivity contribution in [2.75, 3.05) is 19.5 Å². The lowest BCUT2D eigenvalue weighted by Crippen LogP contribution is -2.30. The third-order valence-electron chi connectivity index (χ3n) is 4.35. The van der Waals surface area contributed by atoms with Crippen LogP contribution in [-0.2, 0) is 9.53 Å². The van der Waals surface area contributed by atoms with E-state index in [1.807, 2.05) is 0 Å². The molecule has 2 N–H and O–H groups in total. The van der Waals surface area contributed by atoms with Crippen molar-refractivity contribution in [3.63, 3.8) is 0 Å². The first-order chi connectivity index (χ1) is 15.1. The maximum atomic E-state index is 12.5. The minimum Gasteiger partial charge on any atom is -0.497 e. The van der Waals surface area contributed by atoms with Crippen LogP contribution in [0.5, 0.6) is 17.2 Å². The fourth-order valence-electron chi connectivity index (χ4n) is 2.83. The number of H-pyrrole nitrogens is 1. The maximum absolute atomic E-state index is 12.5. The van der Waals surface area contributed by atoms with Gasteiger partial charge in [-0.3, -0.25) is 4.79 Å². The Kier molecular flexibility index (Phi) is 6.47. The summed E-state index contributed by atoms with van der Waals surface area (Å²) in [6.07, 6.45) is -6.00. The van der Waals surface area contributed by atoms with Crippen LogP contribution in [0, 0.1) is 0 Å². The van der Waals surface area contributed by atoms with Crippen molar-refractivity contribution < 1.29 is 41.7 Å². The van der Waals surface area contributed by atoms with E-state index in [4.69, 9.17) is 14.2 Å². The quantitative estimate of drug-likeness (QED) is 0.520. The lowest BCUT2D eigenvalue weighted by atomic mass is 10.2. The fourth-order valence-corrected chi connectivity index (χ4v) is 2.83. The van der Waals surface area contributed by atoms with Crippen LogP contribution < -0.4 is 19.5 Å². The Bertz CT molecular complexity index is 1130. The molecule has 0 bridgehead atoms. The van der Waals surface area contributed by atoms with E-state index in [2.05, 4.69) is 15.0 Å². The number of rotatable bonds is 7. The van der Waals surface area contributed by atoms with Crippen LogP contribution >= 0.6 is 0 Å². The van der Waals surface area contributed by atoms with Gasteiger partial charge in [0.1, 0.15) is 22.9 Å². The minimum atomic E-state index is -4.81. The Morgan fingerprint density at radius 2 is 1.69 bits per heavy atom. The molecule has 0 spiro atoms. The van der Waals surface area contributed by atoms with Crippen LogP contribution in [0.3, 0.4) is 0 Å². The number of hydrogen-bond donors (Lipinski definition) is 2. The van der Waals surface area contributed by atoms with Crippen LogP contribution in [0.4, 0.5) is 18.9 Å². The van der Waals surface area contributed by atoms with E-state index in [-0.39, 0.29) is 11.4 Å². The molecule has 1 heterocycles. The van der Waals surface area contributed by atoms with Crippen molar-refractivity contribution in [2.24, 2.45) is 0 Å². The third kappa shape index (κ3) is 5.42. The number of carbonyl (C=O) groups is 2. The molecule has 8 nitrogen and oxygen atoms in total. The molecule has 1 aromatic heterocycles. The first-order valence-corrected chi connectivity index (χ1v) is 9.22. The van der Waals surface area contributed by atoms with E-state index in [9.17, 15) is 22.8 Å². The highest BCUT2D eigenvalue weighted by molar-refractivity contribution is 6.00. The molecule has 1 amide bonds. The van der Waals surface area contributed by atoms with Gasteiger partial charge in [0, 0.05) is 17.1 Å². The molecule has 32 heavy (non-hydrogen) atoms. The molecule has 3 rings (SSSR count). The van der Waals surface area contributed by atoms with Crippen molar-refractivity contribution in [1.29, 1.82) is 0 Å². The number of alkyl halides is 3. The number of ether oxygens (including phenoxy) is 4. The van der Waals surface area contributed by atoms with E-state index in [1.165, 1.54) is 39.3 Å². The molecule has 0 saturated carbocycles. The van der Waals surface area contributed by atoms with Gasteiger partial charge >= 0.3 is 12.3 Å². The number of anilines is 1. The Morgan fingerprint density at radius 1 is 1.00 bits per heavy atom. The highest BCUT2D eigenvalue weighted by atomic mass is 19.4. The normalized spacial score (nSPS) is 12.2. The molecule has 170 valence electrons. The van der Waals surface area contributed by atoms with Crippen LogP contribution in [-0.4, -0.2) is 43.5 Å². The molecule has 3 aromatic rings. The second-order valence-electron chi connectivity index (χ2n) is 6.59. The first kappa shape index (κ1) is 22.8. The molecule has 11 heteroatoms. The molecule has 0 aliphatic heterocycles. The zero-order valence-electron chi connectivity index (χ0n) is 17.2. The molecule has 1 atom stereocenters. The van der Waals surface area contributed by atoms with Crippen molar-refractivity contribution >= 4 is 28.5 Å². The van der Waals surface area contributed by atoms with Crippen molar-refractivity contribution in [3.05, 3.63) is 48.2 Å². The number of hydrogen-bond acceptors (Lipinski definition) is 6. The third-order valence-corrected chi connectivity index (χ3v) is 4.35. The van der Waals surface area contributed by atoms with Gasteiger partial charge in [0.25, 0.3) is 5.91 Å². The number of benzene rings is 2. The van der Waals surface area contributed by atoms with E-state index in [0.717, 1.165) is 12.1 Å². The predicted molar refractivity (Wildman–Crippen MR) is 108 cm³/mol. The number of aromatic amines is 1. The fraction of sp³-hybridized carbons (Fsp3) is 0.238. The first-order valence-electron chi connectivity index (χ1n) is 9.22. The molecule has 0 radical (unpaired) electrons. The lowest BCUT2D eigenvalue weighted by Gasteiger charge is -2.14. The van der Waals surface area contributed by atoms with Gasteiger partial charge in [-0.2, -0.15) is 0 Å². The maximum Gasteiger partial charge on any atom is 0.573 e. The van der Waals surface area contributed by atoms with Crippen LogP contribution in [0.15, 0.2) is 42.5 Å². The minimum absolute atomic E-state index is 0.0971. The summed E-state index contributed by atoms with van der Waals surface area (Å²) >= 11 is 0. The molecule has 0 aliphatic rings. The second kappa shape index (κ2) is 9.08. The van der Waals surface area contributed by atoms with Gasteiger partial charge in [0.2, 0.25) is 0 Å². The topological polar surface area (TPSA) is 98.9 Å². The number of methoxy groups -OCH3 is 2. The zero-order chi connectivity index (χ0) is 23.5. The van der Waals surface area contributed by atoms with Gasteiger partial charge in [-0.25, -0.2) is 4.79 Å². The zero-order valence-corrected chi connectivity index (χ0v) is 17.2. The number of halogens is 3. The largest absolute Gasteiger partial charge is 0.573 e. The molecular weight excluding hydrogens is 433 g/mol. The molecular formula is C21H19F3N2O6. The Labute approximate surface area is 180 Å². The summed E-state index contributed by atoms with van der Waals surface area (Å²) in [7, 11) is 2.97. The van der Waals surface area contributed by atoms with Crippen LogP contribution in [0.25, 0.3) is 10.9 Å². The van der Waals surface area contributed by atoms with E-state index in [1.54, 1.807) is 12.1 Å². The highest BCUT2D eigenvalue weighted by Gasteiger charge is 2.31. The highest BCUT2D eigenvalue weighted by Crippen LogP contribution is 2.31. The van der Waals surface area contributed by atoms with E-state index < -0.39 is 30.1 Å². The van der Waals surface area contributed by atoms with Crippen LogP contribution in [0.2, 0.25) is 0 Å². The lowest BCUT2D eigenvalue weighted by molar-refractivity contribution is -0.274. The summed E-state index contributed by atoms with van der Waals surface area (Å²) in [5.74, 6) is -0.882. The molecule has 0 saturated heterocycles. The average molecular weight is 452 g/mol. The van der Waals surface area contributed by atoms with E-state index in [0.29, 0.717) is 22.4 Å². The van der Waals surface area contributed by atoms with Gasteiger partial charge in [-0.15, -0.1) is 13.2 Å². The standard InChI is InChI=1S/C21H19F3N2O6/c1-11(19(27)25-13-4-6-14(7-5-13)32-21(22,23)24)31-20(28)16-9-12-8-15(29-2)10-17(30-3)18(12)26-16/h4-11,26H,1-3H3,(H,25,27)/t11-/m0/s1. The molecule has 0 aliphatic carbocycles. The molecule has 0 unspecified atom stereocenters. The van der Waals surface area contributed by atoms with Crippen LogP contribution in [0.1, 0.15) is 17.4 Å². The summed E-state index contributed by atoms with van der Waals surface area (Å²) in [4.78, 5) is 27.7. The Balaban J connectivity index is 1.65. The number of carbonyl (C=O) groups excluding carboxylic acids is 2. The SMILES string of the molecule is COc1cc(OC)c2[nH]c(C(=O)O[C@@H](C)C(=O)Nc3ccc(OC(F)(F)F)cc3)cc2c1. The van der Waals surface area contributed by atoms with Gasteiger partial charge < -0.3 is 29.2 Å². The number of aromatic nitrogens is 1. The summed E-state index contributed by atoms with van der Waals surface area (Å²) in [5, 5.41) is 3.09. The van der Waals surface area contributed by atoms with Crippen molar-refractivity contribution in [2.45, 2.75) is 19.4 Å². The van der Waals surface area contributed by atoms with Crippen molar-refractivity contribution in [3.8, 4) is 17.2 Å². The average Bonchev–Trinajstić information content (AvgIpc) is 3.17. The van der Waals surface area contributed by atoms with Gasteiger partial charge in [-0.05, 0) is 43.3 Å². The smallest absolute Gasteiger partial charge is 0.497 e. The molecule has 0 fully saturated rings. The summed E-state index contributed by atoms with van der Waals surface area (Å²) in [5.41, 5.74) is 0.855. The number of fused-ring (bicyclic) bond motifs is 1. The Morgan fingerprint density at radius 3 is 2.28 bits per heavy atom. The predicted octanol–water partition coefficient (Wildman–Crippen LogP) is 4.27. The number of nitrogens with one attached hydrogen (secondary N) is 2. The number of esters is 1. The van der Waals surface area contributed by atoms with Gasteiger partial charge in [0.05, 0.1) is 19.7 Å². The van der Waals surface area contributed by atoms with Gasteiger partial charge in [-0.1, -0.05) is 0 Å². The Hall–Kier alpha value is -3.89. The summed E-state index contributed by atoms with van der Waals surface area (Å²) in [6.45, 7) is 1.36.